The quantitative estimate of drug-likeness (QED) is 0.388. The highest BCUT2D eigenvalue weighted by Gasteiger charge is 2.09. The average Bonchev–Trinajstić information content (AvgIpc) is 2.05. The lowest BCUT2D eigenvalue weighted by atomic mass is 10.1. The van der Waals surface area contributed by atoms with E-state index < -0.39 is 4.92 Å². The molecule has 12 heavy (non-hydrogen) atoms. The molecule has 0 bridgehead atoms. The molecule has 0 aliphatic carbocycles. The fraction of sp³-hybridized carbons (Fsp3) is 0.111. The van der Waals surface area contributed by atoms with Crippen molar-refractivity contribution in [3.8, 4) is 0 Å². The van der Waals surface area contributed by atoms with Crippen LogP contribution < -0.4 is 0 Å². The highest BCUT2D eigenvalue weighted by atomic mass is 16.6. The first-order valence-electron chi connectivity index (χ1n) is 3.50. The van der Waals surface area contributed by atoms with Gasteiger partial charge in [-0.2, -0.15) is 0 Å². The van der Waals surface area contributed by atoms with E-state index in [0.29, 0.717) is 12.0 Å². The number of allylic oxidation sites excluding steroid dienone is 1. The molecule has 1 aromatic carbocycles. The van der Waals surface area contributed by atoms with E-state index in [0.717, 1.165) is 0 Å². The van der Waals surface area contributed by atoms with Crippen molar-refractivity contribution >= 4 is 5.69 Å². The standard InChI is InChI=1S/C9H8NO2/c1-2-5-8-6-3-4-7-9(8)10(11)12/h2-4,7H,1,5H2. The maximum absolute atomic E-state index is 10.4. The van der Waals surface area contributed by atoms with Crippen LogP contribution in [0.25, 0.3) is 0 Å². The molecule has 1 aromatic rings. The summed E-state index contributed by atoms with van der Waals surface area (Å²) >= 11 is 0. The first kappa shape index (κ1) is 8.46. The van der Waals surface area contributed by atoms with E-state index in [-0.39, 0.29) is 5.69 Å². The van der Waals surface area contributed by atoms with E-state index in [1.165, 1.54) is 6.07 Å². The largest absolute Gasteiger partial charge is 0.273 e. The van der Waals surface area contributed by atoms with Gasteiger partial charge >= 0.3 is 0 Å². The zero-order valence-electron chi connectivity index (χ0n) is 6.49. The van der Waals surface area contributed by atoms with Gasteiger partial charge in [0.05, 0.1) is 4.92 Å². The van der Waals surface area contributed by atoms with Crippen molar-refractivity contribution in [1.29, 1.82) is 0 Å². The number of nitrogens with zero attached hydrogens (tertiary/aromatic N) is 1. The van der Waals surface area contributed by atoms with Crippen molar-refractivity contribution in [3.63, 3.8) is 0 Å². The Kier molecular flexibility index (Phi) is 2.58. The van der Waals surface area contributed by atoms with Crippen molar-refractivity contribution in [2.24, 2.45) is 0 Å². The number of hydrogen-bond acceptors (Lipinski definition) is 2. The van der Waals surface area contributed by atoms with Crippen molar-refractivity contribution < 1.29 is 4.92 Å². The fourth-order valence-corrected chi connectivity index (χ4v) is 0.941. The van der Waals surface area contributed by atoms with E-state index in [9.17, 15) is 10.1 Å². The van der Waals surface area contributed by atoms with Crippen molar-refractivity contribution in [3.05, 3.63) is 52.6 Å². The topological polar surface area (TPSA) is 43.1 Å². The molecule has 0 aliphatic heterocycles. The van der Waals surface area contributed by atoms with Crippen LogP contribution in [0.4, 0.5) is 5.69 Å². The predicted octanol–water partition coefficient (Wildman–Crippen LogP) is 2.12. The minimum atomic E-state index is -0.407. The lowest BCUT2D eigenvalue weighted by Crippen LogP contribution is -1.93. The van der Waals surface area contributed by atoms with Crippen LogP contribution in [0.2, 0.25) is 0 Å². The third-order valence-corrected chi connectivity index (χ3v) is 1.46. The summed E-state index contributed by atoms with van der Waals surface area (Å²) in [7, 11) is 0. The van der Waals surface area contributed by atoms with Crippen LogP contribution in [0.1, 0.15) is 5.56 Å². The molecular formula is C9H8NO2. The molecule has 0 aliphatic rings. The van der Waals surface area contributed by atoms with Crippen molar-refractivity contribution in [2.45, 2.75) is 6.42 Å². The smallest absolute Gasteiger partial charge is 0.258 e. The Morgan fingerprint density at radius 2 is 2.50 bits per heavy atom. The average molecular weight is 162 g/mol. The second-order valence-electron chi connectivity index (χ2n) is 2.28. The monoisotopic (exact) mass is 162 g/mol. The highest BCUT2D eigenvalue weighted by molar-refractivity contribution is 5.39. The summed E-state index contributed by atoms with van der Waals surface area (Å²) in [5.74, 6) is 0. The SMILES string of the molecule is C=CCc1[c]cccc1[N+](=O)[O-]. The number of benzene rings is 1. The van der Waals surface area contributed by atoms with Crippen LogP contribution in [0, 0.1) is 16.2 Å². The molecule has 3 nitrogen and oxygen atoms in total. The van der Waals surface area contributed by atoms with Gasteiger partial charge in [-0.05, 0) is 12.5 Å². The molecule has 0 saturated heterocycles. The van der Waals surface area contributed by atoms with Gasteiger partial charge in [0.2, 0.25) is 0 Å². The van der Waals surface area contributed by atoms with Gasteiger partial charge in [-0.15, -0.1) is 6.58 Å². The van der Waals surface area contributed by atoms with Gasteiger partial charge < -0.3 is 0 Å². The number of nitro groups is 1. The molecule has 1 rings (SSSR count). The van der Waals surface area contributed by atoms with Gasteiger partial charge in [-0.3, -0.25) is 10.1 Å². The number of rotatable bonds is 3. The summed E-state index contributed by atoms with van der Waals surface area (Å²) in [6.45, 7) is 3.51. The first-order chi connectivity index (χ1) is 5.75. The Balaban J connectivity index is 3.07. The Hall–Kier alpha value is -1.64. The Labute approximate surface area is 70.5 Å². The van der Waals surface area contributed by atoms with Crippen LogP contribution >= 0.6 is 0 Å². The Morgan fingerprint density at radius 1 is 1.75 bits per heavy atom. The third kappa shape index (κ3) is 1.69. The van der Waals surface area contributed by atoms with E-state index in [4.69, 9.17) is 0 Å². The molecule has 0 N–H and O–H groups in total. The molecule has 3 heteroatoms. The van der Waals surface area contributed by atoms with Crippen LogP contribution in [0.3, 0.4) is 0 Å². The van der Waals surface area contributed by atoms with Gasteiger partial charge in [0.1, 0.15) is 0 Å². The lowest BCUT2D eigenvalue weighted by Gasteiger charge is -1.96. The van der Waals surface area contributed by atoms with Crippen LogP contribution in [-0.2, 0) is 6.42 Å². The Morgan fingerprint density at radius 3 is 3.08 bits per heavy atom. The number of nitro benzene ring substituents is 1. The second kappa shape index (κ2) is 3.67. The fourth-order valence-electron chi connectivity index (χ4n) is 0.941. The van der Waals surface area contributed by atoms with E-state index >= 15 is 0 Å². The molecule has 0 spiro atoms. The summed E-state index contributed by atoms with van der Waals surface area (Å²) in [6, 6.07) is 7.53. The molecule has 0 aromatic heterocycles. The molecule has 1 radical (unpaired) electrons. The second-order valence-corrected chi connectivity index (χ2v) is 2.28. The molecule has 0 saturated carbocycles. The summed E-state index contributed by atoms with van der Waals surface area (Å²) in [5.41, 5.74) is 0.690. The summed E-state index contributed by atoms with van der Waals surface area (Å²) in [5, 5.41) is 10.4. The highest BCUT2D eigenvalue weighted by Crippen LogP contribution is 2.17. The molecular weight excluding hydrogens is 154 g/mol. The zero-order valence-corrected chi connectivity index (χ0v) is 6.49. The maximum Gasteiger partial charge on any atom is 0.273 e. The maximum atomic E-state index is 10.4. The van der Waals surface area contributed by atoms with Gasteiger partial charge in [-0.25, -0.2) is 0 Å². The van der Waals surface area contributed by atoms with E-state index in [1.807, 2.05) is 0 Å². The normalized spacial score (nSPS) is 9.33. The van der Waals surface area contributed by atoms with Gasteiger partial charge in [0.15, 0.2) is 0 Å². The predicted molar refractivity (Wildman–Crippen MR) is 45.8 cm³/mol. The molecule has 0 fully saturated rings. The zero-order chi connectivity index (χ0) is 8.97. The van der Waals surface area contributed by atoms with Crippen LogP contribution in [-0.4, -0.2) is 4.92 Å². The van der Waals surface area contributed by atoms with Gasteiger partial charge in [-0.1, -0.05) is 18.2 Å². The summed E-state index contributed by atoms with van der Waals surface area (Å²) < 4.78 is 0. The first-order valence-corrected chi connectivity index (χ1v) is 3.50. The van der Waals surface area contributed by atoms with Crippen molar-refractivity contribution in [2.75, 3.05) is 0 Å². The van der Waals surface area contributed by atoms with Gasteiger partial charge in [0, 0.05) is 11.6 Å². The van der Waals surface area contributed by atoms with Crippen LogP contribution in [0.5, 0.6) is 0 Å². The minimum Gasteiger partial charge on any atom is -0.258 e. The van der Waals surface area contributed by atoms with E-state index in [2.05, 4.69) is 12.6 Å². The number of hydrogen-bond donors (Lipinski definition) is 0. The Bertz CT molecular complexity index is 307. The molecule has 0 unspecified atom stereocenters. The van der Waals surface area contributed by atoms with Crippen molar-refractivity contribution in [1.82, 2.24) is 0 Å². The summed E-state index contributed by atoms with van der Waals surface area (Å²) in [4.78, 5) is 10.0. The molecule has 0 atom stereocenters. The van der Waals surface area contributed by atoms with E-state index in [1.54, 1.807) is 18.2 Å². The summed E-state index contributed by atoms with van der Waals surface area (Å²) in [6.07, 6.45) is 2.11. The molecule has 0 heterocycles. The lowest BCUT2D eigenvalue weighted by molar-refractivity contribution is -0.385. The minimum absolute atomic E-state index is 0.109. The van der Waals surface area contributed by atoms with Crippen LogP contribution in [0.15, 0.2) is 30.9 Å². The molecule has 61 valence electrons. The van der Waals surface area contributed by atoms with Gasteiger partial charge in [0.25, 0.3) is 5.69 Å². The molecule has 0 amide bonds. The third-order valence-electron chi connectivity index (χ3n) is 1.46.